The molecule has 1 saturated heterocycles. The number of carbonyl (C=O) groups excluding carboxylic acids is 3. The minimum Gasteiger partial charge on any atom is -0.493 e. The second-order valence-corrected chi connectivity index (χ2v) is 9.22. The molecule has 0 aliphatic carbocycles. The average Bonchev–Trinajstić information content (AvgIpc) is 3.09. The molecule has 2 heterocycles. The second kappa shape index (κ2) is 10.4. The van der Waals surface area contributed by atoms with E-state index in [4.69, 9.17) is 26.2 Å². The summed E-state index contributed by atoms with van der Waals surface area (Å²) in [6.45, 7) is 0.0212. The molecular formula is C24H21ClN2O7S. The summed E-state index contributed by atoms with van der Waals surface area (Å²) >= 11 is 6.95. The SMILES string of the molecule is COc1cc(/C=C2\SC(=O)N(CC(=O)N3CCc4ccccc4C3)C2=O)cc(Cl)c1OCC(=O)O. The number of methoxy groups -OCH3 is 1. The summed E-state index contributed by atoms with van der Waals surface area (Å²) in [4.78, 5) is 51.8. The molecule has 0 atom stereocenters. The van der Waals surface area contributed by atoms with Gasteiger partial charge in [-0.1, -0.05) is 35.9 Å². The molecule has 3 amide bonds. The first kappa shape index (κ1) is 24.6. The molecule has 0 unspecified atom stereocenters. The van der Waals surface area contributed by atoms with Crippen LogP contribution in [0.2, 0.25) is 5.02 Å². The van der Waals surface area contributed by atoms with Crippen LogP contribution in [-0.4, -0.2) is 64.7 Å². The number of carbonyl (C=O) groups is 4. The number of carboxylic acids is 1. The van der Waals surface area contributed by atoms with Crippen LogP contribution in [0.3, 0.4) is 0 Å². The van der Waals surface area contributed by atoms with E-state index in [1.165, 1.54) is 30.9 Å². The molecule has 0 radical (unpaired) electrons. The van der Waals surface area contributed by atoms with Crippen LogP contribution in [0, 0.1) is 0 Å². The van der Waals surface area contributed by atoms with E-state index in [1.807, 2.05) is 24.3 Å². The number of aliphatic carboxylic acids is 1. The second-order valence-electron chi connectivity index (χ2n) is 7.82. The highest BCUT2D eigenvalue weighted by molar-refractivity contribution is 8.18. The first-order valence-electron chi connectivity index (χ1n) is 10.6. The molecule has 2 aliphatic rings. The standard InChI is InChI=1S/C24H21ClN2O7S/c1-33-18-9-14(8-17(25)22(18)34-13-21(29)30)10-19-23(31)27(24(32)35-19)12-20(28)26-7-6-15-4-2-3-5-16(15)11-26/h2-5,8-10H,6-7,11-13H2,1H3,(H,29,30)/b19-10-. The van der Waals surface area contributed by atoms with E-state index in [2.05, 4.69) is 0 Å². The largest absolute Gasteiger partial charge is 0.493 e. The Bertz CT molecular complexity index is 1250. The molecule has 0 saturated carbocycles. The van der Waals surface area contributed by atoms with Crippen molar-refractivity contribution in [1.29, 1.82) is 0 Å². The lowest BCUT2D eigenvalue weighted by Crippen LogP contribution is -2.44. The molecule has 2 aliphatic heterocycles. The van der Waals surface area contributed by atoms with E-state index in [9.17, 15) is 19.2 Å². The lowest BCUT2D eigenvalue weighted by atomic mass is 10.00. The van der Waals surface area contributed by atoms with Gasteiger partial charge in [-0.15, -0.1) is 0 Å². The van der Waals surface area contributed by atoms with Gasteiger partial charge in [0.05, 0.1) is 17.0 Å². The van der Waals surface area contributed by atoms with Crippen LogP contribution in [-0.2, 0) is 27.3 Å². The Morgan fingerprint density at radius 2 is 1.94 bits per heavy atom. The first-order valence-corrected chi connectivity index (χ1v) is 11.8. The van der Waals surface area contributed by atoms with Crippen molar-refractivity contribution in [1.82, 2.24) is 9.80 Å². The number of carboxylic acid groups (broad SMARTS) is 1. The summed E-state index contributed by atoms with van der Waals surface area (Å²) in [5.41, 5.74) is 2.70. The van der Waals surface area contributed by atoms with Gasteiger partial charge in [-0.25, -0.2) is 4.79 Å². The summed E-state index contributed by atoms with van der Waals surface area (Å²) < 4.78 is 10.4. The predicted molar refractivity (Wildman–Crippen MR) is 129 cm³/mol. The third-order valence-corrected chi connectivity index (χ3v) is 6.73. The maximum Gasteiger partial charge on any atom is 0.341 e. The number of rotatable bonds is 7. The summed E-state index contributed by atoms with van der Waals surface area (Å²) in [6, 6.07) is 10.8. The van der Waals surface area contributed by atoms with Crippen molar-refractivity contribution >= 4 is 52.5 Å². The molecule has 2 aromatic rings. The number of ether oxygens (including phenoxy) is 2. The maximum absolute atomic E-state index is 12.9. The van der Waals surface area contributed by atoms with Gasteiger partial charge in [0.25, 0.3) is 11.1 Å². The molecule has 2 aromatic carbocycles. The van der Waals surface area contributed by atoms with Gasteiger partial charge in [0.1, 0.15) is 6.54 Å². The molecule has 0 aromatic heterocycles. The van der Waals surface area contributed by atoms with Crippen molar-refractivity contribution in [3.8, 4) is 11.5 Å². The smallest absolute Gasteiger partial charge is 0.341 e. The van der Waals surface area contributed by atoms with E-state index >= 15 is 0 Å². The van der Waals surface area contributed by atoms with Gasteiger partial charge >= 0.3 is 5.97 Å². The highest BCUT2D eigenvalue weighted by Gasteiger charge is 2.37. The van der Waals surface area contributed by atoms with Gasteiger partial charge < -0.3 is 19.5 Å². The minimum absolute atomic E-state index is 0.0514. The van der Waals surface area contributed by atoms with E-state index in [1.54, 1.807) is 4.90 Å². The van der Waals surface area contributed by atoms with Crippen LogP contribution < -0.4 is 9.47 Å². The van der Waals surface area contributed by atoms with Crippen molar-refractivity contribution in [3.63, 3.8) is 0 Å². The maximum atomic E-state index is 12.9. The Morgan fingerprint density at radius 3 is 2.66 bits per heavy atom. The Hall–Kier alpha value is -3.50. The normalized spacial score (nSPS) is 16.5. The molecular weight excluding hydrogens is 496 g/mol. The number of fused-ring (bicyclic) bond motifs is 1. The van der Waals surface area contributed by atoms with Crippen LogP contribution >= 0.6 is 23.4 Å². The van der Waals surface area contributed by atoms with Crippen LogP contribution in [0.25, 0.3) is 6.08 Å². The van der Waals surface area contributed by atoms with Crippen molar-refractivity contribution < 1.29 is 33.8 Å². The Kier molecular flexibility index (Phi) is 7.32. The topological polar surface area (TPSA) is 113 Å². The van der Waals surface area contributed by atoms with Crippen molar-refractivity contribution in [2.24, 2.45) is 0 Å². The third kappa shape index (κ3) is 5.44. The molecule has 9 nitrogen and oxygen atoms in total. The van der Waals surface area contributed by atoms with Gasteiger partial charge in [0.2, 0.25) is 5.91 Å². The highest BCUT2D eigenvalue weighted by Crippen LogP contribution is 2.39. The number of halogens is 1. The summed E-state index contributed by atoms with van der Waals surface area (Å²) in [6.07, 6.45) is 2.18. The molecule has 4 rings (SSSR count). The molecule has 11 heteroatoms. The van der Waals surface area contributed by atoms with Gasteiger partial charge in [-0.3, -0.25) is 19.3 Å². The summed E-state index contributed by atoms with van der Waals surface area (Å²) in [5, 5.41) is 8.36. The molecule has 0 bridgehead atoms. The van der Waals surface area contributed by atoms with Crippen molar-refractivity contribution in [2.45, 2.75) is 13.0 Å². The highest BCUT2D eigenvalue weighted by atomic mass is 35.5. The molecule has 0 spiro atoms. The predicted octanol–water partition coefficient (Wildman–Crippen LogP) is 3.43. The fraction of sp³-hybridized carbons (Fsp3) is 0.250. The number of benzene rings is 2. The van der Waals surface area contributed by atoms with Crippen LogP contribution in [0.15, 0.2) is 41.3 Å². The lowest BCUT2D eigenvalue weighted by Gasteiger charge is -2.29. The number of thioether (sulfide) groups is 1. The zero-order valence-electron chi connectivity index (χ0n) is 18.7. The monoisotopic (exact) mass is 516 g/mol. The fourth-order valence-corrected chi connectivity index (χ4v) is 4.94. The quantitative estimate of drug-likeness (QED) is 0.557. The van der Waals surface area contributed by atoms with Crippen LogP contribution in [0.5, 0.6) is 11.5 Å². The molecule has 1 N–H and O–H groups in total. The molecule has 35 heavy (non-hydrogen) atoms. The average molecular weight is 517 g/mol. The Labute approximate surface area is 210 Å². The van der Waals surface area contributed by atoms with Crippen molar-refractivity contribution in [3.05, 3.63) is 63.0 Å². The van der Waals surface area contributed by atoms with E-state index in [0.717, 1.165) is 28.6 Å². The Balaban J connectivity index is 1.47. The molecule has 1 fully saturated rings. The van der Waals surface area contributed by atoms with E-state index in [-0.39, 0.29) is 33.9 Å². The zero-order valence-corrected chi connectivity index (χ0v) is 20.2. The Morgan fingerprint density at radius 1 is 1.20 bits per heavy atom. The number of hydrogen-bond donors (Lipinski definition) is 1. The van der Waals surface area contributed by atoms with Crippen LogP contribution in [0.1, 0.15) is 16.7 Å². The first-order chi connectivity index (χ1) is 16.8. The van der Waals surface area contributed by atoms with Crippen molar-refractivity contribution in [2.75, 3.05) is 26.8 Å². The van der Waals surface area contributed by atoms with E-state index < -0.39 is 23.7 Å². The minimum atomic E-state index is -1.18. The number of amides is 3. The van der Waals surface area contributed by atoms with Gasteiger partial charge in [0, 0.05) is 13.1 Å². The number of imide groups is 1. The third-order valence-electron chi connectivity index (χ3n) is 5.54. The van der Waals surface area contributed by atoms with Gasteiger partial charge in [0.15, 0.2) is 18.1 Å². The van der Waals surface area contributed by atoms with Gasteiger partial charge in [-0.2, -0.15) is 0 Å². The fourth-order valence-electron chi connectivity index (χ4n) is 3.83. The van der Waals surface area contributed by atoms with Crippen LogP contribution in [0.4, 0.5) is 4.79 Å². The lowest BCUT2D eigenvalue weighted by molar-refractivity contribution is -0.139. The van der Waals surface area contributed by atoms with Gasteiger partial charge in [-0.05, 0) is 53.1 Å². The molecule has 182 valence electrons. The summed E-state index contributed by atoms with van der Waals surface area (Å²) in [7, 11) is 1.36. The van der Waals surface area contributed by atoms with E-state index in [0.29, 0.717) is 18.7 Å². The zero-order chi connectivity index (χ0) is 25.1. The number of nitrogens with zero attached hydrogens (tertiary/aromatic N) is 2. The number of hydrogen-bond acceptors (Lipinski definition) is 7. The summed E-state index contributed by atoms with van der Waals surface area (Å²) in [5.74, 6) is -1.83.